The zero-order chi connectivity index (χ0) is 15.7. The Morgan fingerprint density at radius 3 is 2.67 bits per heavy atom. The summed E-state index contributed by atoms with van der Waals surface area (Å²) < 4.78 is 5.72. The lowest BCUT2D eigenvalue weighted by Gasteiger charge is -2.18. The number of thioether (sulfide) groups is 1. The Balaban J connectivity index is 2.83. The topological polar surface area (TPSA) is 41.5 Å². The van der Waals surface area contributed by atoms with Crippen molar-refractivity contribution in [3.05, 3.63) is 29.3 Å². The molecule has 0 aromatic heterocycles. The van der Waals surface area contributed by atoms with Gasteiger partial charge < -0.3 is 15.2 Å². The first kappa shape index (κ1) is 18.3. The van der Waals surface area contributed by atoms with Crippen LogP contribution in [0.25, 0.3) is 0 Å². The molecule has 2 atom stereocenters. The minimum atomic E-state index is 0.211. The summed E-state index contributed by atoms with van der Waals surface area (Å²) in [6.07, 6.45) is 1.14. The Morgan fingerprint density at radius 1 is 1.29 bits per heavy atom. The molecule has 0 aliphatic rings. The van der Waals surface area contributed by atoms with E-state index in [9.17, 15) is 0 Å². The summed E-state index contributed by atoms with van der Waals surface area (Å²) in [5.74, 6) is 1.83. The second-order valence-electron chi connectivity index (χ2n) is 5.28. The van der Waals surface area contributed by atoms with Crippen LogP contribution in [0.3, 0.4) is 0 Å². The van der Waals surface area contributed by atoms with Gasteiger partial charge in [-0.25, -0.2) is 0 Å². The van der Waals surface area contributed by atoms with Crippen molar-refractivity contribution in [2.45, 2.75) is 51.2 Å². The Labute approximate surface area is 133 Å². The average molecular weight is 311 g/mol. The number of rotatable bonds is 10. The van der Waals surface area contributed by atoms with Gasteiger partial charge in [0.25, 0.3) is 0 Å². The second kappa shape index (κ2) is 10.1. The van der Waals surface area contributed by atoms with Crippen LogP contribution < -0.4 is 10.1 Å². The van der Waals surface area contributed by atoms with Crippen LogP contribution in [0.15, 0.2) is 18.2 Å². The lowest BCUT2D eigenvalue weighted by molar-refractivity contribution is 0.300. The predicted molar refractivity (Wildman–Crippen MR) is 92.2 cm³/mol. The van der Waals surface area contributed by atoms with Gasteiger partial charge in [0.2, 0.25) is 0 Å². The first-order valence-corrected chi connectivity index (χ1v) is 8.88. The molecule has 0 saturated carbocycles. The first-order valence-electron chi connectivity index (χ1n) is 7.83. The highest BCUT2D eigenvalue weighted by atomic mass is 32.2. The average Bonchev–Trinajstić information content (AvgIpc) is 2.51. The minimum absolute atomic E-state index is 0.211. The van der Waals surface area contributed by atoms with Crippen LogP contribution in [0.5, 0.6) is 5.75 Å². The van der Waals surface area contributed by atoms with Crippen LogP contribution in [0, 0.1) is 0 Å². The van der Waals surface area contributed by atoms with Gasteiger partial charge in [0.15, 0.2) is 0 Å². The zero-order valence-corrected chi connectivity index (χ0v) is 14.5. The van der Waals surface area contributed by atoms with Gasteiger partial charge in [-0.2, -0.15) is 11.8 Å². The normalized spacial score (nSPS) is 14.0. The summed E-state index contributed by atoms with van der Waals surface area (Å²) in [6, 6.07) is 6.79. The second-order valence-corrected chi connectivity index (χ2v) is 6.71. The van der Waals surface area contributed by atoms with Crippen molar-refractivity contribution in [2.75, 3.05) is 19.8 Å². The molecule has 0 bridgehead atoms. The number of aliphatic hydroxyl groups excluding tert-OH is 1. The van der Waals surface area contributed by atoms with Gasteiger partial charge in [-0.05, 0) is 44.5 Å². The number of aliphatic hydroxyl groups is 1. The molecular formula is C17H29NO2S. The van der Waals surface area contributed by atoms with E-state index in [1.807, 2.05) is 13.8 Å². The number of hydrogen-bond acceptors (Lipinski definition) is 4. The molecule has 120 valence electrons. The Bertz CT molecular complexity index is 412. The first-order chi connectivity index (χ1) is 10.1. The summed E-state index contributed by atoms with van der Waals surface area (Å²) in [5, 5.41) is 12.9. The molecule has 0 aliphatic heterocycles. The molecule has 0 aliphatic carbocycles. The van der Waals surface area contributed by atoms with Crippen LogP contribution in [0.1, 0.15) is 51.3 Å². The van der Waals surface area contributed by atoms with E-state index in [1.165, 1.54) is 11.1 Å². The number of nitrogens with one attached hydrogen (secondary N) is 1. The zero-order valence-electron chi connectivity index (χ0n) is 13.7. The van der Waals surface area contributed by atoms with Crippen LogP contribution in [0.2, 0.25) is 0 Å². The highest BCUT2D eigenvalue weighted by molar-refractivity contribution is 7.99. The fourth-order valence-electron chi connectivity index (χ4n) is 2.04. The van der Waals surface area contributed by atoms with E-state index < -0.39 is 0 Å². The fourth-order valence-corrected chi connectivity index (χ4v) is 2.84. The van der Waals surface area contributed by atoms with Crippen molar-refractivity contribution in [3.63, 3.8) is 0 Å². The summed E-state index contributed by atoms with van der Waals surface area (Å²) >= 11 is 1.76. The molecule has 0 saturated heterocycles. The molecule has 3 nitrogen and oxygen atoms in total. The van der Waals surface area contributed by atoms with Gasteiger partial charge in [0, 0.05) is 22.6 Å². The van der Waals surface area contributed by atoms with Crippen molar-refractivity contribution >= 4 is 11.8 Å². The van der Waals surface area contributed by atoms with Gasteiger partial charge in [-0.1, -0.05) is 19.9 Å². The van der Waals surface area contributed by atoms with Crippen molar-refractivity contribution in [1.82, 2.24) is 5.32 Å². The van der Waals surface area contributed by atoms with Gasteiger partial charge >= 0.3 is 0 Å². The lowest BCUT2D eigenvalue weighted by Crippen LogP contribution is -2.19. The molecular weight excluding hydrogens is 282 g/mol. The van der Waals surface area contributed by atoms with Crippen molar-refractivity contribution in [2.24, 2.45) is 0 Å². The smallest absolute Gasteiger partial charge is 0.123 e. The van der Waals surface area contributed by atoms with E-state index in [2.05, 4.69) is 37.4 Å². The molecule has 1 aromatic carbocycles. The van der Waals surface area contributed by atoms with Gasteiger partial charge in [-0.3, -0.25) is 0 Å². The maximum Gasteiger partial charge on any atom is 0.123 e. The van der Waals surface area contributed by atoms with E-state index >= 15 is 0 Å². The Morgan fingerprint density at radius 2 is 2.05 bits per heavy atom. The summed E-state index contributed by atoms with van der Waals surface area (Å²) in [6.45, 7) is 10.3. The van der Waals surface area contributed by atoms with Crippen LogP contribution in [-0.2, 0) is 5.75 Å². The van der Waals surface area contributed by atoms with E-state index in [0.717, 1.165) is 24.5 Å². The van der Waals surface area contributed by atoms with Gasteiger partial charge in [-0.15, -0.1) is 0 Å². The SMILES string of the molecule is CCCNC(C)c1ccc(OCC)c(CSC(C)CO)c1. The fraction of sp³-hybridized carbons (Fsp3) is 0.647. The molecule has 4 heteroatoms. The van der Waals surface area contributed by atoms with Crippen molar-refractivity contribution in [3.8, 4) is 5.75 Å². The van der Waals surface area contributed by atoms with E-state index in [1.54, 1.807) is 11.8 Å². The Kier molecular flexibility index (Phi) is 8.81. The molecule has 0 amide bonds. The number of hydrogen-bond donors (Lipinski definition) is 2. The van der Waals surface area contributed by atoms with Crippen LogP contribution in [-0.4, -0.2) is 30.1 Å². The predicted octanol–water partition coefficient (Wildman–Crippen LogP) is 3.76. The van der Waals surface area contributed by atoms with E-state index in [0.29, 0.717) is 12.6 Å². The molecule has 0 spiro atoms. The van der Waals surface area contributed by atoms with Crippen molar-refractivity contribution in [1.29, 1.82) is 0 Å². The molecule has 0 radical (unpaired) electrons. The number of ether oxygens (including phenoxy) is 1. The molecule has 21 heavy (non-hydrogen) atoms. The maximum atomic E-state index is 9.16. The highest BCUT2D eigenvalue weighted by Crippen LogP contribution is 2.28. The lowest BCUT2D eigenvalue weighted by atomic mass is 10.0. The van der Waals surface area contributed by atoms with Crippen molar-refractivity contribution < 1.29 is 9.84 Å². The molecule has 2 N–H and O–H groups in total. The van der Waals surface area contributed by atoms with E-state index in [4.69, 9.17) is 9.84 Å². The van der Waals surface area contributed by atoms with Gasteiger partial charge in [0.05, 0.1) is 13.2 Å². The standard InChI is InChI=1S/C17H29NO2S/c1-5-9-18-14(4)15-7-8-17(20-6-2)16(10-15)12-21-13(3)11-19/h7-8,10,13-14,18-19H,5-6,9,11-12H2,1-4H3. The third kappa shape index (κ3) is 6.29. The summed E-state index contributed by atoms with van der Waals surface area (Å²) in [7, 11) is 0. The van der Waals surface area contributed by atoms with E-state index in [-0.39, 0.29) is 11.9 Å². The molecule has 1 rings (SSSR count). The molecule has 0 fully saturated rings. The largest absolute Gasteiger partial charge is 0.494 e. The maximum absolute atomic E-state index is 9.16. The molecule has 0 heterocycles. The summed E-state index contributed by atoms with van der Waals surface area (Å²) in [4.78, 5) is 0. The third-order valence-corrected chi connectivity index (χ3v) is 4.56. The summed E-state index contributed by atoms with van der Waals surface area (Å²) in [5.41, 5.74) is 2.50. The quantitative estimate of drug-likeness (QED) is 0.690. The Hall–Kier alpha value is -0.710. The number of benzene rings is 1. The third-order valence-electron chi connectivity index (χ3n) is 3.37. The van der Waals surface area contributed by atoms with Gasteiger partial charge in [0.1, 0.15) is 5.75 Å². The van der Waals surface area contributed by atoms with Crippen LogP contribution in [0.4, 0.5) is 0 Å². The van der Waals surface area contributed by atoms with Crippen LogP contribution >= 0.6 is 11.8 Å². The minimum Gasteiger partial charge on any atom is -0.494 e. The monoisotopic (exact) mass is 311 g/mol. The highest BCUT2D eigenvalue weighted by Gasteiger charge is 2.11. The molecule has 1 aromatic rings. The molecule has 2 unspecified atom stereocenters.